The molecule has 1 fully saturated rings. The largest absolute Gasteiger partial charge is 0.383 e. The van der Waals surface area contributed by atoms with Crippen molar-refractivity contribution >= 4 is 17.3 Å². The van der Waals surface area contributed by atoms with Gasteiger partial charge in [0.1, 0.15) is 0 Å². The standard InChI is InChI=1S/C10H13ClN2/c11-8-1-3-9(4-2-8)13-7-10(12)5-6-10/h1-4,13H,5-7,12H2. The molecule has 1 aliphatic rings. The summed E-state index contributed by atoms with van der Waals surface area (Å²) in [6.45, 7) is 0.856. The van der Waals surface area contributed by atoms with Crippen LogP contribution in [0, 0.1) is 0 Å². The average molecular weight is 197 g/mol. The van der Waals surface area contributed by atoms with Crippen molar-refractivity contribution in [3.63, 3.8) is 0 Å². The van der Waals surface area contributed by atoms with E-state index >= 15 is 0 Å². The lowest BCUT2D eigenvalue weighted by Crippen LogP contribution is -2.30. The molecule has 3 N–H and O–H groups in total. The summed E-state index contributed by atoms with van der Waals surface area (Å²) in [7, 11) is 0. The second kappa shape index (κ2) is 3.20. The molecule has 2 rings (SSSR count). The van der Waals surface area contributed by atoms with E-state index in [0.29, 0.717) is 0 Å². The van der Waals surface area contributed by atoms with Gasteiger partial charge in [-0.2, -0.15) is 0 Å². The van der Waals surface area contributed by atoms with Gasteiger partial charge in [-0.1, -0.05) is 11.6 Å². The first-order valence-electron chi connectivity index (χ1n) is 4.46. The van der Waals surface area contributed by atoms with Crippen molar-refractivity contribution in [2.24, 2.45) is 5.73 Å². The van der Waals surface area contributed by atoms with Gasteiger partial charge < -0.3 is 11.1 Å². The Balaban J connectivity index is 1.91. The maximum absolute atomic E-state index is 5.94. The summed E-state index contributed by atoms with van der Waals surface area (Å²) in [5.41, 5.74) is 7.08. The molecule has 1 aliphatic carbocycles. The Morgan fingerprint density at radius 3 is 2.46 bits per heavy atom. The molecular formula is C10H13ClN2. The van der Waals surface area contributed by atoms with Crippen LogP contribution in [0.15, 0.2) is 24.3 Å². The van der Waals surface area contributed by atoms with Gasteiger partial charge in [-0.3, -0.25) is 0 Å². The molecule has 0 saturated heterocycles. The van der Waals surface area contributed by atoms with Gasteiger partial charge in [-0.25, -0.2) is 0 Å². The third kappa shape index (κ3) is 2.36. The summed E-state index contributed by atoms with van der Waals surface area (Å²) in [4.78, 5) is 0. The van der Waals surface area contributed by atoms with Crippen molar-refractivity contribution in [1.82, 2.24) is 0 Å². The van der Waals surface area contributed by atoms with Crippen LogP contribution < -0.4 is 11.1 Å². The molecule has 2 nitrogen and oxygen atoms in total. The highest BCUT2D eigenvalue weighted by Gasteiger charge is 2.37. The minimum atomic E-state index is 0.0552. The number of nitrogens with two attached hydrogens (primary N) is 1. The Labute approximate surface area is 83.1 Å². The highest BCUT2D eigenvalue weighted by molar-refractivity contribution is 6.30. The van der Waals surface area contributed by atoms with E-state index in [-0.39, 0.29) is 5.54 Å². The Morgan fingerprint density at radius 2 is 1.92 bits per heavy atom. The zero-order chi connectivity index (χ0) is 9.31. The van der Waals surface area contributed by atoms with Crippen molar-refractivity contribution in [3.8, 4) is 0 Å². The molecule has 0 atom stereocenters. The fraction of sp³-hybridized carbons (Fsp3) is 0.400. The molecule has 13 heavy (non-hydrogen) atoms. The lowest BCUT2D eigenvalue weighted by atomic mass is 10.2. The van der Waals surface area contributed by atoms with Gasteiger partial charge in [-0.15, -0.1) is 0 Å². The predicted octanol–water partition coefficient (Wildman–Crippen LogP) is 2.24. The normalized spacial score (nSPS) is 18.3. The molecule has 3 heteroatoms. The van der Waals surface area contributed by atoms with Crippen LogP contribution >= 0.6 is 11.6 Å². The van der Waals surface area contributed by atoms with E-state index in [9.17, 15) is 0 Å². The fourth-order valence-electron chi connectivity index (χ4n) is 1.18. The first-order valence-corrected chi connectivity index (χ1v) is 4.84. The first kappa shape index (κ1) is 8.85. The average Bonchev–Trinajstić information content (AvgIpc) is 2.84. The van der Waals surface area contributed by atoms with E-state index in [0.717, 1.165) is 30.1 Å². The van der Waals surface area contributed by atoms with E-state index in [4.69, 9.17) is 17.3 Å². The Bertz CT molecular complexity index is 290. The quantitative estimate of drug-likeness (QED) is 0.778. The maximum Gasteiger partial charge on any atom is 0.0407 e. The number of anilines is 1. The van der Waals surface area contributed by atoms with Gasteiger partial charge in [-0.05, 0) is 37.1 Å². The van der Waals surface area contributed by atoms with E-state index in [2.05, 4.69) is 5.32 Å². The molecule has 0 aromatic heterocycles. The lowest BCUT2D eigenvalue weighted by molar-refractivity contribution is 0.713. The SMILES string of the molecule is NC1(CNc2ccc(Cl)cc2)CC1. The van der Waals surface area contributed by atoms with Gasteiger partial charge in [0.05, 0.1) is 0 Å². The Hall–Kier alpha value is -0.730. The number of nitrogens with one attached hydrogen (secondary N) is 1. The minimum Gasteiger partial charge on any atom is -0.383 e. The number of hydrogen-bond donors (Lipinski definition) is 2. The molecule has 70 valence electrons. The molecule has 1 aromatic carbocycles. The summed E-state index contributed by atoms with van der Waals surface area (Å²) in [6.07, 6.45) is 2.27. The zero-order valence-corrected chi connectivity index (χ0v) is 8.14. The predicted molar refractivity (Wildman–Crippen MR) is 56.1 cm³/mol. The highest BCUT2D eigenvalue weighted by atomic mass is 35.5. The second-order valence-electron chi connectivity index (χ2n) is 3.72. The van der Waals surface area contributed by atoms with Gasteiger partial charge in [0, 0.05) is 22.8 Å². The monoisotopic (exact) mass is 196 g/mol. The summed E-state index contributed by atoms with van der Waals surface area (Å²) in [5.74, 6) is 0. The summed E-state index contributed by atoms with van der Waals surface area (Å²) in [5, 5.41) is 4.05. The molecule has 1 aromatic rings. The van der Waals surface area contributed by atoms with Crippen molar-refractivity contribution in [3.05, 3.63) is 29.3 Å². The van der Waals surface area contributed by atoms with Crippen LogP contribution in [0.3, 0.4) is 0 Å². The summed E-state index contributed by atoms with van der Waals surface area (Å²) >= 11 is 5.76. The molecule has 0 spiro atoms. The molecule has 0 amide bonds. The summed E-state index contributed by atoms with van der Waals surface area (Å²) in [6, 6.07) is 7.68. The van der Waals surface area contributed by atoms with Crippen LogP contribution in [0.5, 0.6) is 0 Å². The van der Waals surface area contributed by atoms with Gasteiger partial charge in [0.2, 0.25) is 0 Å². The number of benzene rings is 1. The van der Waals surface area contributed by atoms with Crippen LogP contribution in [0.2, 0.25) is 5.02 Å². The lowest BCUT2D eigenvalue weighted by Gasteiger charge is -2.11. The van der Waals surface area contributed by atoms with Gasteiger partial charge in [0.25, 0.3) is 0 Å². The third-order valence-corrected chi connectivity index (χ3v) is 2.63. The molecular weight excluding hydrogens is 184 g/mol. The van der Waals surface area contributed by atoms with E-state index in [1.165, 1.54) is 0 Å². The van der Waals surface area contributed by atoms with Crippen molar-refractivity contribution in [2.75, 3.05) is 11.9 Å². The van der Waals surface area contributed by atoms with Crippen LogP contribution in [-0.4, -0.2) is 12.1 Å². The first-order chi connectivity index (χ1) is 6.18. The maximum atomic E-state index is 5.94. The highest BCUT2D eigenvalue weighted by Crippen LogP contribution is 2.32. The third-order valence-electron chi connectivity index (χ3n) is 2.38. The van der Waals surface area contributed by atoms with E-state index < -0.39 is 0 Å². The molecule has 0 heterocycles. The van der Waals surface area contributed by atoms with Crippen molar-refractivity contribution < 1.29 is 0 Å². The fourth-order valence-corrected chi connectivity index (χ4v) is 1.31. The van der Waals surface area contributed by atoms with E-state index in [1.807, 2.05) is 24.3 Å². The van der Waals surface area contributed by atoms with E-state index in [1.54, 1.807) is 0 Å². The smallest absolute Gasteiger partial charge is 0.0407 e. The molecule has 1 saturated carbocycles. The number of halogens is 1. The number of hydrogen-bond acceptors (Lipinski definition) is 2. The van der Waals surface area contributed by atoms with Crippen LogP contribution in [-0.2, 0) is 0 Å². The second-order valence-corrected chi connectivity index (χ2v) is 4.16. The van der Waals surface area contributed by atoms with Crippen LogP contribution in [0.4, 0.5) is 5.69 Å². The minimum absolute atomic E-state index is 0.0552. The summed E-state index contributed by atoms with van der Waals surface area (Å²) < 4.78 is 0. The molecule has 0 unspecified atom stereocenters. The zero-order valence-electron chi connectivity index (χ0n) is 7.39. The van der Waals surface area contributed by atoms with Crippen LogP contribution in [0.25, 0.3) is 0 Å². The number of rotatable bonds is 3. The molecule has 0 radical (unpaired) electrons. The molecule has 0 bridgehead atoms. The van der Waals surface area contributed by atoms with Gasteiger partial charge >= 0.3 is 0 Å². The topological polar surface area (TPSA) is 38.0 Å². The Kier molecular flexibility index (Phi) is 2.18. The molecule has 0 aliphatic heterocycles. The van der Waals surface area contributed by atoms with Crippen molar-refractivity contribution in [1.29, 1.82) is 0 Å². The van der Waals surface area contributed by atoms with Crippen LogP contribution in [0.1, 0.15) is 12.8 Å². The Morgan fingerprint density at radius 1 is 1.31 bits per heavy atom. The van der Waals surface area contributed by atoms with Gasteiger partial charge in [0.15, 0.2) is 0 Å². The van der Waals surface area contributed by atoms with Crippen molar-refractivity contribution in [2.45, 2.75) is 18.4 Å².